The van der Waals surface area contributed by atoms with Crippen LogP contribution in [0.4, 0.5) is 0 Å². The summed E-state index contributed by atoms with van der Waals surface area (Å²) in [4.78, 5) is 12.1. The lowest BCUT2D eigenvalue weighted by molar-refractivity contribution is -0.119. The summed E-state index contributed by atoms with van der Waals surface area (Å²) in [6.07, 6.45) is 3.80. The van der Waals surface area contributed by atoms with E-state index in [9.17, 15) is 4.79 Å². The van der Waals surface area contributed by atoms with E-state index in [0.717, 1.165) is 37.0 Å². The number of carbonyl (C=O) groups is 1. The number of hydrogen-bond donors (Lipinski definition) is 0. The van der Waals surface area contributed by atoms with Gasteiger partial charge in [0.25, 0.3) is 8.32 Å². The lowest BCUT2D eigenvalue weighted by Crippen LogP contribution is -2.66. The molecule has 6 nitrogen and oxygen atoms in total. The number of carbonyl (C=O) groups excluding carboxylic acids is 1. The number of methoxy groups -OCH3 is 1. The van der Waals surface area contributed by atoms with E-state index in [-0.39, 0.29) is 35.2 Å². The maximum atomic E-state index is 12.1. The molecule has 272 valence electrons. The van der Waals surface area contributed by atoms with E-state index in [1.165, 1.54) is 15.9 Å². The fourth-order valence-corrected chi connectivity index (χ4v) is 13.0. The zero-order chi connectivity index (χ0) is 36.4. The van der Waals surface area contributed by atoms with Crippen LogP contribution < -0.4 is 15.1 Å². The van der Waals surface area contributed by atoms with Gasteiger partial charge >= 0.3 is 0 Å². The van der Waals surface area contributed by atoms with Crippen molar-refractivity contribution in [2.24, 2.45) is 0 Å². The zero-order valence-electron chi connectivity index (χ0n) is 31.7. The first kappa shape index (κ1) is 39.9. The first-order valence-electron chi connectivity index (χ1n) is 18.2. The van der Waals surface area contributed by atoms with Crippen LogP contribution in [0, 0.1) is 0 Å². The van der Waals surface area contributed by atoms with Gasteiger partial charge in [0, 0.05) is 19.4 Å². The summed E-state index contributed by atoms with van der Waals surface area (Å²) in [7, 11) is -2.86. The van der Waals surface area contributed by atoms with Gasteiger partial charge < -0.3 is 23.1 Å². The Labute approximate surface area is 303 Å². The molecule has 0 aromatic heterocycles. The SMILES string of the molecule is C=C1CC(C[C@H](CCO[Si](c2ccccc2)(c2ccccc2)C(C)(C)C)OCc2ccc(OC)cc2)OC(C[C@H](CC(C)=O)O[Si](C)(C)C)C1. The molecular formula is C42H60O6Si2. The van der Waals surface area contributed by atoms with Gasteiger partial charge in [0.2, 0.25) is 0 Å². The molecule has 3 aromatic carbocycles. The normalized spacial score (nSPS) is 18.4. The molecule has 1 fully saturated rings. The summed E-state index contributed by atoms with van der Waals surface area (Å²) in [5.74, 6) is 0.970. The molecule has 3 aromatic rings. The highest BCUT2D eigenvalue weighted by Gasteiger charge is 2.50. The maximum absolute atomic E-state index is 12.1. The van der Waals surface area contributed by atoms with Gasteiger partial charge in [0.15, 0.2) is 8.32 Å². The minimum atomic E-state index is -2.69. The van der Waals surface area contributed by atoms with Crippen molar-refractivity contribution < 1.29 is 27.9 Å². The van der Waals surface area contributed by atoms with Gasteiger partial charge in [-0.1, -0.05) is 106 Å². The Hall–Kier alpha value is -2.86. The Morgan fingerprint density at radius 1 is 0.860 bits per heavy atom. The summed E-state index contributed by atoms with van der Waals surface area (Å²) in [5, 5.41) is 2.43. The molecule has 4 rings (SSSR count). The molecule has 0 amide bonds. The summed E-state index contributed by atoms with van der Waals surface area (Å²) in [6.45, 7) is 20.5. The molecule has 1 heterocycles. The van der Waals surface area contributed by atoms with Crippen LogP contribution in [0.3, 0.4) is 0 Å². The number of ketones is 1. The third kappa shape index (κ3) is 11.6. The van der Waals surface area contributed by atoms with E-state index in [1.54, 1.807) is 14.0 Å². The topological polar surface area (TPSA) is 63.2 Å². The second-order valence-electron chi connectivity index (χ2n) is 15.8. The van der Waals surface area contributed by atoms with E-state index in [2.05, 4.69) is 120 Å². The molecule has 0 spiro atoms. The average Bonchev–Trinajstić information content (AvgIpc) is 3.04. The number of rotatable bonds is 18. The summed E-state index contributed by atoms with van der Waals surface area (Å²) in [6, 6.07) is 29.6. The molecule has 0 N–H and O–H groups in total. The number of benzene rings is 3. The maximum Gasteiger partial charge on any atom is 0.261 e. The second-order valence-corrected chi connectivity index (χ2v) is 24.6. The van der Waals surface area contributed by atoms with Crippen molar-refractivity contribution in [1.82, 2.24) is 0 Å². The van der Waals surface area contributed by atoms with Gasteiger partial charge in [-0.25, -0.2) is 0 Å². The smallest absolute Gasteiger partial charge is 0.261 e. The van der Waals surface area contributed by atoms with Gasteiger partial charge in [-0.3, -0.25) is 4.79 Å². The van der Waals surface area contributed by atoms with Crippen LogP contribution in [0.5, 0.6) is 5.75 Å². The third-order valence-electron chi connectivity index (χ3n) is 9.32. The van der Waals surface area contributed by atoms with E-state index in [4.69, 9.17) is 23.1 Å². The van der Waals surface area contributed by atoms with Crippen molar-refractivity contribution in [3.8, 4) is 5.75 Å². The minimum absolute atomic E-state index is 0.0418. The van der Waals surface area contributed by atoms with Crippen molar-refractivity contribution in [2.45, 2.75) is 122 Å². The van der Waals surface area contributed by atoms with Crippen molar-refractivity contribution >= 4 is 32.8 Å². The first-order valence-corrected chi connectivity index (χ1v) is 23.5. The second kappa shape index (κ2) is 18.1. The Kier molecular flexibility index (Phi) is 14.4. The van der Waals surface area contributed by atoms with Crippen LogP contribution in [-0.2, 0) is 29.7 Å². The van der Waals surface area contributed by atoms with Crippen molar-refractivity contribution in [1.29, 1.82) is 0 Å². The summed E-state index contributed by atoms with van der Waals surface area (Å²) < 4.78 is 32.6. The van der Waals surface area contributed by atoms with Crippen LogP contribution in [-0.4, -0.2) is 60.6 Å². The third-order valence-corrected chi connectivity index (χ3v) is 15.4. The molecule has 2 unspecified atom stereocenters. The zero-order valence-corrected chi connectivity index (χ0v) is 33.7. The Morgan fingerprint density at radius 2 is 1.40 bits per heavy atom. The van der Waals surface area contributed by atoms with Crippen LogP contribution in [0.1, 0.15) is 71.8 Å². The van der Waals surface area contributed by atoms with E-state index < -0.39 is 16.6 Å². The monoisotopic (exact) mass is 716 g/mol. The summed E-state index contributed by atoms with van der Waals surface area (Å²) in [5.41, 5.74) is 2.27. The fraction of sp³-hybridized carbons (Fsp3) is 0.500. The predicted molar refractivity (Wildman–Crippen MR) is 210 cm³/mol. The molecule has 0 bridgehead atoms. The summed E-state index contributed by atoms with van der Waals surface area (Å²) >= 11 is 0. The van der Waals surface area contributed by atoms with Crippen LogP contribution >= 0.6 is 0 Å². The molecule has 1 aliphatic heterocycles. The number of ether oxygens (including phenoxy) is 3. The predicted octanol–water partition coefficient (Wildman–Crippen LogP) is 8.63. The Morgan fingerprint density at radius 3 is 1.88 bits per heavy atom. The fourth-order valence-electron chi connectivity index (χ4n) is 7.26. The lowest BCUT2D eigenvalue weighted by Gasteiger charge is -2.43. The average molecular weight is 717 g/mol. The van der Waals surface area contributed by atoms with Gasteiger partial charge in [-0.15, -0.1) is 0 Å². The highest BCUT2D eigenvalue weighted by Crippen LogP contribution is 2.37. The lowest BCUT2D eigenvalue weighted by atomic mass is 9.92. The van der Waals surface area contributed by atoms with Crippen LogP contribution in [0.2, 0.25) is 24.7 Å². The molecule has 8 heteroatoms. The molecule has 50 heavy (non-hydrogen) atoms. The number of Topliss-reactive ketones (excluding diaryl/α,β-unsaturated/α-hetero) is 1. The molecule has 1 aliphatic rings. The van der Waals surface area contributed by atoms with E-state index >= 15 is 0 Å². The molecular weight excluding hydrogens is 657 g/mol. The number of hydrogen-bond acceptors (Lipinski definition) is 6. The largest absolute Gasteiger partial charge is 0.497 e. The van der Waals surface area contributed by atoms with Crippen molar-refractivity contribution in [3.63, 3.8) is 0 Å². The Balaban J connectivity index is 1.55. The van der Waals surface area contributed by atoms with Gasteiger partial charge in [-0.2, -0.15) is 0 Å². The molecule has 0 aliphatic carbocycles. The van der Waals surface area contributed by atoms with E-state index in [1.807, 2.05) is 12.1 Å². The Bertz CT molecular complexity index is 1440. The highest BCUT2D eigenvalue weighted by molar-refractivity contribution is 6.99. The standard InChI is InChI=1S/C42H60O6Si2/c1-32-26-37(47-38(27-32)30-39(28-33(2)43)48-49(7,8)9)29-36(45-31-34-20-22-35(44-6)23-21-34)24-25-46-50(42(3,4)5,40-16-12-10-13-17-40)41-18-14-11-15-19-41/h10-23,36-39H,1,24-31H2,2-9H3/t36-,37?,38?,39-/m0/s1. The van der Waals surface area contributed by atoms with Gasteiger partial charge in [0.1, 0.15) is 11.5 Å². The molecule has 1 saturated heterocycles. The first-order chi connectivity index (χ1) is 23.7. The van der Waals surface area contributed by atoms with Crippen molar-refractivity contribution in [2.75, 3.05) is 13.7 Å². The molecule has 4 atom stereocenters. The molecule has 0 radical (unpaired) electrons. The van der Waals surface area contributed by atoms with Gasteiger partial charge in [-0.05, 0) is 85.4 Å². The van der Waals surface area contributed by atoms with E-state index in [0.29, 0.717) is 26.1 Å². The van der Waals surface area contributed by atoms with Crippen LogP contribution in [0.25, 0.3) is 0 Å². The quantitative estimate of drug-likeness (QED) is 0.0971. The van der Waals surface area contributed by atoms with Crippen LogP contribution in [0.15, 0.2) is 97.1 Å². The highest BCUT2D eigenvalue weighted by atomic mass is 28.4. The minimum Gasteiger partial charge on any atom is -0.497 e. The molecule has 0 saturated carbocycles. The van der Waals surface area contributed by atoms with Gasteiger partial charge in [0.05, 0.1) is 38.1 Å². The van der Waals surface area contributed by atoms with Crippen molar-refractivity contribution in [3.05, 3.63) is 103 Å².